The van der Waals surface area contributed by atoms with E-state index in [-0.39, 0.29) is 11.8 Å². The first-order chi connectivity index (χ1) is 8.43. The molecule has 3 N–H and O–H groups in total. The number of nitrogens with two attached hydrogens (primary N) is 1. The minimum absolute atomic E-state index is 0.00242. The molecule has 18 heavy (non-hydrogen) atoms. The molecule has 0 heterocycles. The zero-order chi connectivity index (χ0) is 13.6. The van der Waals surface area contributed by atoms with Gasteiger partial charge in [0.15, 0.2) is 0 Å². The molecule has 0 fully saturated rings. The molecule has 0 spiro atoms. The van der Waals surface area contributed by atoms with Crippen molar-refractivity contribution in [3.8, 4) is 0 Å². The van der Waals surface area contributed by atoms with Crippen molar-refractivity contribution < 1.29 is 8.42 Å². The Morgan fingerprint density at radius 2 is 1.83 bits per heavy atom. The summed E-state index contributed by atoms with van der Waals surface area (Å²) in [6.07, 6.45) is 0.754. The Hall–Kier alpha value is -0.910. The first-order valence-electron chi connectivity index (χ1n) is 6.17. The van der Waals surface area contributed by atoms with Gasteiger partial charge in [-0.05, 0) is 17.9 Å². The maximum atomic E-state index is 12.0. The third kappa shape index (κ3) is 5.62. The summed E-state index contributed by atoms with van der Waals surface area (Å²) in [5.41, 5.74) is 6.38. The summed E-state index contributed by atoms with van der Waals surface area (Å²) in [6.45, 7) is 4.43. The van der Waals surface area contributed by atoms with E-state index in [4.69, 9.17) is 5.73 Å². The lowest BCUT2D eigenvalue weighted by atomic mass is 10.1. The molecule has 0 amide bonds. The van der Waals surface area contributed by atoms with E-state index >= 15 is 0 Å². The van der Waals surface area contributed by atoms with Crippen LogP contribution < -0.4 is 10.5 Å². The molecule has 5 heteroatoms. The molecule has 4 nitrogen and oxygen atoms in total. The van der Waals surface area contributed by atoms with Crippen molar-refractivity contribution in [3.05, 3.63) is 35.9 Å². The first-order valence-corrected chi connectivity index (χ1v) is 7.82. The fraction of sp³-hybridized carbons (Fsp3) is 0.538. The highest BCUT2D eigenvalue weighted by Gasteiger charge is 2.18. The molecule has 1 aromatic carbocycles. The van der Waals surface area contributed by atoms with Crippen molar-refractivity contribution in [1.29, 1.82) is 0 Å². The highest BCUT2D eigenvalue weighted by Crippen LogP contribution is 2.08. The van der Waals surface area contributed by atoms with Crippen LogP contribution in [0.5, 0.6) is 0 Å². The maximum Gasteiger partial charge on any atom is 0.216 e. The molecule has 0 aliphatic heterocycles. The summed E-state index contributed by atoms with van der Waals surface area (Å²) in [6, 6.07) is 8.96. The van der Waals surface area contributed by atoms with Crippen LogP contribution in [-0.2, 0) is 15.8 Å². The monoisotopic (exact) mass is 270 g/mol. The predicted molar refractivity (Wildman–Crippen MR) is 74.5 cm³/mol. The lowest BCUT2D eigenvalue weighted by Crippen LogP contribution is -2.41. The van der Waals surface area contributed by atoms with Gasteiger partial charge in [-0.15, -0.1) is 0 Å². The van der Waals surface area contributed by atoms with Crippen molar-refractivity contribution in [2.24, 2.45) is 11.7 Å². The molecule has 102 valence electrons. The SMILES string of the molecule is CC(C)CC(CN)NS(=O)(=O)Cc1ccccc1. The van der Waals surface area contributed by atoms with Gasteiger partial charge >= 0.3 is 0 Å². The number of sulfonamides is 1. The second-order valence-corrected chi connectivity index (χ2v) is 6.68. The number of hydrogen-bond donors (Lipinski definition) is 2. The van der Waals surface area contributed by atoms with Gasteiger partial charge in [0.05, 0.1) is 5.75 Å². The molecule has 1 rings (SSSR count). The highest BCUT2D eigenvalue weighted by molar-refractivity contribution is 7.88. The minimum atomic E-state index is -3.32. The van der Waals surface area contributed by atoms with E-state index in [1.165, 1.54) is 0 Å². The molecule has 0 aromatic heterocycles. The van der Waals surface area contributed by atoms with Gasteiger partial charge in [-0.25, -0.2) is 13.1 Å². The molecular weight excluding hydrogens is 248 g/mol. The van der Waals surface area contributed by atoms with Gasteiger partial charge in [0.1, 0.15) is 0 Å². The van der Waals surface area contributed by atoms with Crippen molar-refractivity contribution in [2.75, 3.05) is 6.54 Å². The Labute approximate surface area is 110 Å². The topological polar surface area (TPSA) is 72.2 Å². The molecule has 0 aliphatic rings. The maximum absolute atomic E-state index is 12.0. The van der Waals surface area contributed by atoms with E-state index in [9.17, 15) is 8.42 Å². The van der Waals surface area contributed by atoms with Gasteiger partial charge in [-0.3, -0.25) is 0 Å². The Bertz CT molecular complexity index is 443. The lowest BCUT2D eigenvalue weighted by Gasteiger charge is -2.18. The fourth-order valence-corrected chi connectivity index (χ4v) is 3.27. The van der Waals surface area contributed by atoms with Crippen LogP contribution in [-0.4, -0.2) is 21.0 Å². The lowest BCUT2D eigenvalue weighted by molar-refractivity contribution is 0.465. The normalized spacial score (nSPS) is 13.8. The Kier molecular flexibility index (Phi) is 5.78. The average Bonchev–Trinajstić information content (AvgIpc) is 2.27. The first kappa shape index (κ1) is 15.1. The van der Waals surface area contributed by atoms with Crippen molar-refractivity contribution in [1.82, 2.24) is 4.72 Å². The van der Waals surface area contributed by atoms with Crippen LogP contribution in [0.1, 0.15) is 25.8 Å². The van der Waals surface area contributed by atoms with Crippen molar-refractivity contribution >= 4 is 10.0 Å². The predicted octanol–water partition coefficient (Wildman–Crippen LogP) is 1.48. The van der Waals surface area contributed by atoms with Gasteiger partial charge < -0.3 is 5.73 Å². The van der Waals surface area contributed by atoms with E-state index in [0.717, 1.165) is 12.0 Å². The molecule has 1 atom stereocenters. The van der Waals surface area contributed by atoms with Crippen LogP contribution in [0.15, 0.2) is 30.3 Å². The molecule has 1 aromatic rings. The van der Waals surface area contributed by atoms with E-state index in [2.05, 4.69) is 4.72 Å². The third-order valence-electron chi connectivity index (χ3n) is 2.59. The molecule has 0 saturated carbocycles. The Morgan fingerprint density at radius 1 is 1.22 bits per heavy atom. The van der Waals surface area contributed by atoms with Gasteiger partial charge in [-0.1, -0.05) is 44.2 Å². The van der Waals surface area contributed by atoms with Crippen LogP contribution in [0.25, 0.3) is 0 Å². The minimum Gasteiger partial charge on any atom is -0.329 e. The molecule has 1 unspecified atom stereocenters. The zero-order valence-corrected chi connectivity index (χ0v) is 11.8. The van der Waals surface area contributed by atoms with Crippen LogP contribution in [0, 0.1) is 5.92 Å². The number of benzene rings is 1. The summed E-state index contributed by atoms with van der Waals surface area (Å²) in [4.78, 5) is 0. The van der Waals surface area contributed by atoms with Crippen LogP contribution >= 0.6 is 0 Å². The van der Waals surface area contributed by atoms with E-state index in [0.29, 0.717) is 12.5 Å². The number of hydrogen-bond acceptors (Lipinski definition) is 3. The van der Waals surface area contributed by atoms with Crippen LogP contribution in [0.3, 0.4) is 0 Å². The zero-order valence-electron chi connectivity index (χ0n) is 11.0. The second kappa shape index (κ2) is 6.87. The van der Waals surface area contributed by atoms with Crippen LogP contribution in [0.2, 0.25) is 0 Å². The van der Waals surface area contributed by atoms with Crippen molar-refractivity contribution in [3.63, 3.8) is 0 Å². The molecule has 0 radical (unpaired) electrons. The summed E-state index contributed by atoms with van der Waals surface area (Å²) in [5.74, 6) is 0.417. The van der Waals surface area contributed by atoms with E-state index in [1.807, 2.05) is 32.0 Å². The number of nitrogens with one attached hydrogen (secondary N) is 1. The molecule has 0 saturated heterocycles. The second-order valence-electron chi connectivity index (χ2n) is 4.92. The van der Waals surface area contributed by atoms with E-state index in [1.54, 1.807) is 12.1 Å². The Balaban J connectivity index is 2.64. The summed E-state index contributed by atoms with van der Waals surface area (Å²) < 4.78 is 26.6. The quantitative estimate of drug-likeness (QED) is 0.788. The van der Waals surface area contributed by atoms with Crippen molar-refractivity contribution in [2.45, 2.75) is 32.1 Å². The summed E-state index contributed by atoms with van der Waals surface area (Å²) in [7, 11) is -3.32. The van der Waals surface area contributed by atoms with Gasteiger partial charge in [0, 0.05) is 12.6 Å². The largest absolute Gasteiger partial charge is 0.329 e. The van der Waals surface area contributed by atoms with E-state index < -0.39 is 10.0 Å². The summed E-state index contributed by atoms with van der Waals surface area (Å²) in [5, 5.41) is 0. The standard InChI is InChI=1S/C13H22N2O2S/c1-11(2)8-13(9-14)15-18(16,17)10-12-6-4-3-5-7-12/h3-7,11,13,15H,8-10,14H2,1-2H3. The third-order valence-corrected chi connectivity index (χ3v) is 3.99. The average molecular weight is 270 g/mol. The highest BCUT2D eigenvalue weighted by atomic mass is 32.2. The molecule has 0 bridgehead atoms. The smallest absolute Gasteiger partial charge is 0.216 e. The molecular formula is C13H22N2O2S. The van der Waals surface area contributed by atoms with Gasteiger partial charge in [-0.2, -0.15) is 0 Å². The fourth-order valence-electron chi connectivity index (χ4n) is 1.85. The van der Waals surface area contributed by atoms with Crippen LogP contribution in [0.4, 0.5) is 0 Å². The summed E-state index contributed by atoms with van der Waals surface area (Å²) >= 11 is 0. The molecule has 0 aliphatic carbocycles. The van der Waals surface area contributed by atoms with Gasteiger partial charge in [0.25, 0.3) is 0 Å². The Morgan fingerprint density at radius 3 is 2.33 bits per heavy atom. The number of rotatable bonds is 7. The van der Waals surface area contributed by atoms with Gasteiger partial charge in [0.2, 0.25) is 10.0 Å².